The predicted molar refractivity (Wildman–Crippen MR) is 65.3 cm³/mol. The standard InChI is InChI=1S/C12H20O10/c13-5-1-19-11(9(17)7(5)15)3-22-12(4-21-11)10(18)8(16)6(14)2-20-12/h5-10,13-18H,1-4H2/t5-,6-,7?,8?,9?,10?,11-,12+/m1/s1. The van der Waals surface area contributed by atoms with Crippen LogP contribution in [0.4, 0.5) is 0 Å². The van der Waals surface area contributed by atoms with Crippen molar-refractivity contribution in [1.82, 2.24) is 0 Å². The molecule has 10 heteroatoms. The second kappa shape index (κ2) is 5.60. The minimum atomic E-state index is -1.70. The second-order valence-corrected chi connectivity index (χ2v) is 5.83. The van der Waals surface area contributed by atoms with Gasteiger partial charge in [0, 0.05) is 0 Å². The Morgan fingerprint density at radius 3 is 1.27 bits per heavy atom. The molecule has 3 fully saturated rings. The van der Waals surface area contributed by atoms with Crippen LogP contribution in [0.15, 0.2) is 0 Å². The van der Waals surface area contributed by atoms with Gasteiger partial charge in [0.05, 0.1) is 13.2 Å². The molecule has 6 N–H and O–H groups in total. The van der Waals surface area contributed by atoms with Gasteiger partial charge in [-0.05, 0) is 0 Å². The van der Waals surface area contributed by atoms with Gasteiger partial charge in [-0.2, -0.15) is 0 Å². The fraction of sp³-hybridized carbons (Fsp3) is 1.00. The number of hydrogen-bond donors (Lipinski definition) is 6. The average molecular weight is 324 g/mol. The summed E-state index contributed by atoms with van der Waals surface area (Å²) in [6, 6.07) is 0. The lowest BCUT2D eigenvalue weighted by molar-refractivity contribution is -0.450. The quantitative estimate of drug-likeness (QED) is 0.257. The fourth-order valence-electron chi connectivity index (χ4n) is 2.80. The summed E-state index contributed by atoms with van der Waals surface area (Å²) in [5, 5.41) is 58.4. The molecule has 4 unspecified atom stereocenters. The SMILES string of the molecule is OC1C(O)[C@@]2(CO[C@@]3(CO2)OC[C@@H](O)C(O)C3O)OC[C@H]1O. The monoisotopic (exact) mass is 324 g/mol. The van der Waals surface area contributed by atoms with E-state index in [1.165, 1.54) is 0 Å². The first kappa shape index (κ1) is 16.5. The van der Waals surface area contributed by atoms with E-state index >= 15 is 0 Å². The van der Waals surface area contributed by atoms with Gasteiger partial charge in [-0.1, -0.05) is 0 Å². The highest BCUT2D eigenvalue weighted by atomic mass is 16.8. The number of rotatable bonds is 0. The molecule has 3 saturated heterocycles. The lowest BCUT2D eigenvalue weighted by Gasteiger charge is -2.53. The van der Waals surface area contributed by atoms with Gasteiger partial charge in [-0.15, -0.1) is 0 Å². The molecule has 0 aromatic carbocycles. The highest BCUT2D eigenvalue weighted by molar-refractivity contribution is 5.00. The van der Waals surface area contributed by atoms with Crippen LogP contribution in [0.2, 0.25) is 0 Å². The fourth-order valence-corrected chi connectivity index (χ4v) is 2.80. The Morgan fingerprint density at radius 1 is 0.591 bits per heavy atom. The zero-order chi connectivity index (χ0) is 16.1. The van der Waals surface area contributed by atoms with E-state index in [1.54, 1.807) is 0 Å². The molecule has 0 bridgehead atoms. The average Bonchev–Trinajstić information content (AvgIpc) is 2.53. The van der Waals surface area contributed by atoms with Crippen molar-refractivity contribution in [2.45, 2.75) is 48.2 Å². The minimum absolute atomic E-state index is 0.265. The van der Waals surface area contributed by atoms with E-state index < -0.39 is 61.4 Å². The first-order valence-corrected chi connectivity index (χ1v) is 6.95. The Kier molecular flexibility index (Phi) is 4.19. The van der Waals surface area contributed by atoms with Crippen LogP contribution in [0.3, 0.4) is 0 Å². The van der Waals surface area contributed by atoms with Crippen LogP contribution >= 0.6 is 0 Å². The van der Waals surface area contributed by atoms with Gasteiger partial charge in [0.2, 0.25) is 11.6 Å². The van der Waals surface area contributed by atoms with Crippen molar-refractivity contribution in [3.8, 4) is 0 Å². The summed E-state index contributed by atoms with van der Waals surface area (Å²) >= 11 is 0. The molecule has 128 valence electrons. The third-order valence-electron chi connectivity index (χ3n) is 4.37. The molecular weight excluding hydrogens is 304 g/mol. The van der Waals surface area contributed by atoms with Crippen molar-refractivity contribution >= 4 is 0 Å². The molecule has 2 spiro atoms. The Balaban J connectivity index is 1.72. The highest BCUT2D eigenvalue weighted by Gasteiger charge is 2.60. The van der Waals surface area contributed by atoms with Gasteiger partial charge in [0.1, 0.15) is 49.8 Å². The molecule has 3 rings (SSSR count). The normalized spacial score (nSPS) is 56.5. The Morgan fingerprint density at radius 2 is 0.955 bits per heavy atom. The first-order chi connectivity index (χ1) is 10.3. The van der Waals surface area contributed by atoms with E-state index in [9.17, 15) is 30.6 Å². The summed E-state index contributed by atoms with van der Waals surface area (Å²) in [7, 11) is 0. The molecule has 0 saturated carbocycles. The smallest absolute Gasteiger partial charge is 0.221 e. The molecule has 8 atom stereocenters. The molecule has 0 aromatic heterocycles. The van der Waals surface area contributed by atoms with E-state index in [1.807, 2.05) is 0 Å². The molecule has 0 amide bonds. The predicted octanol–water partition coefficient (Wildman–Crippen LogP) is -4.35. The first-order valence-electron chi connectivity index (χ1n) is 6.95. The van der Waals surface area contributed by atoms with Gasteiger partial charge in [-0.25, -0.2) is 0 Å². The van der Waals surface area contributed by atoms with Crippen LogP contribution in [0.1, 0.15) is 0 Å². The summed E-state index contributed by atoms with van der Waals surface area (Å²) < 4.78 is 21.4. The van der Waals surface area contributed by atoms with Crippen molar-refractivity contribution in [1.29, 1.82) is 0 Å². The number of hydrogen-bond acceptors (Lipinski definition) is 10. The summed E-state index contributed by atoms with van der Waals surface area (Å²) in [5.74, 6) is -3.40. The third-order valence-corrected chi connectivity index (χ3v) is 4.37. The zero-order valence-corrected chi connectivity index (χ0v) is 11.6. The lowest BCUT2D eigenvalue weighted by Crippen LogP contribution is -2.72. The molecule has 0 radical (unpaired) electrons. The van der Waals surface area contributed by atoms with Gasteiger partial charge in [0.25, 0.3) is 0 Å². The highest BCUT2D eigenvalue weighted by Crippen LogP contribution is 2.38. The Hall–Kier alpha value is -0.400. The minimum Gasteiger partial charge on any atom is -0.388 e. The second-order valence-electron chi connectivity index (χ2n) is 5.83. The van der Waals surface area contributed by atoms with Crippen LogP contribution in [0.5, 0.6) is 0 Å². The van der Waals surface area contributed by atoms with Crippen LogP contribution in [0, 0.1) is 0 Å². The maximum atomic E-state index is 10.0. The number of ether oxygens (including phenoxy) is 4. The van der Waals surface area contributed by atoms with E-state index in [-0.39, 0.29) is 13.2 Å². The zero-order valence-electron chi connectivity index (χ0n) is 11.6. The van der Waals surface area contributed by atoms with Crippen LogP contribution in [-0.4, -0.2) is 105 Å². The molecule has 3 aliphatic heterocycles. The van der Waals surface area contributed by atoms with E-state index in [4.69, 9.17) is 18.9 Å². The van der Waals surface area contributed by atoms with E-state index in [0.717, 1.165) is 0 Å². The maximum Gasteiger partial charge on any atom is 0.221 e. The number of aliphatic hydroxyl groups is 6. The molecular formula is C12H20O10. The molecule has 0 aliphatic carbocycles. The van der Waals surface area contributed by atoms with Gasteiger partial charge < -0.3 is 49.6 Å². The molecule has 3 aliphatic rings. The van der Waals surface area contributed by atoms with Crippen molar-refractivity contribution in [2.24, 2.45) is 0 Å². The summed E-state index contributed by atoms with van der Waals surface area (Å²) in [4.78, 5) is 0. The molecule has 22 heavy (non-hydrogen) atoms. The van der Waals surface area contributed by atoms with Crippen molar-refractivity contribution in [3.63, 3.8) is 0 Å². The number of aliphatic hydroxyl groups excluding tert-OH is 6. The van der Waals surface area contributed by atoms with Gasteiger partial charge in [0.15, 0.2) is 0 Å². The summed E-state index contributed by atoms with van der Waals surface area (Å²) in [6.07, 6.45) is -8.59. The summed E-state index contributed by atoms with van der Waals surface area (Å²) in [5.41, 5.74) is 0. The lowest BCUT2D eigenvalue weighted by atomic mass is 9.93. The van der Waals surface area contributed by atoms with E-state index in [2.05, 4.69) is 0 Å². The largest absolute Gasteiger partial charge is 0.388 e. The maximum absolute atomic E-state index is 10.0. The molecule has 10 nitrogen and oxygen atoms in total. The Bertz CT molecular complexity index is 371. The van der Waals surface area contributed by atoms with E-state index in [0.29, 0.717) is 0 Å². The Labute approximate surface area is 125 Å². The van der Waals surface area contributed by atoms with Crippen molar-refractivity contribution < 1.29 is 49.6 Å². The van der Waals surface area contributed by atoms with Gasteiger partial charge in [-0.3, -0.25) is 0 Å². The summed E-state index contributed by atoms with van der Waals surface area (Å²) in [6.45, 7) is -1.34. The third kappa shape index (κ3) is 2.36. The van der Waals surface area contributed by atoms with Gasteiger partial charge >= 0.3 is 0 Å². The van der Waals surface area contributed by atoms with Crippen LogP contribution in [0.25, 0.3) is 0 Å². The van der Waals surface area contributed by atoms with Crippen molar-refractivity contribution in [3.05, 3.63) is 0 Å². The topological polar surface area (TPSA) is 158 Å². The van der Waals surface area contributed by atoms with Crippen molar-refractivity contribution in [2.75, 3.05) is 26.4 Å². The molecule has 3 heterocycles. The van der Waals surface area contributed by atoms with Crippen LogP contribution in [-0.2, 0) is 18.9 Å². The van der Waals surface area contributed by atoms with Crippen LogP contribution < -0.4 is 0 Å². The molecule has 0 aromatic rings.